The van der Waals surface area contributed by atoms with E-state index in [-0.39, 0.29) is 0 Å². The molecule has 1 atom stereocenters. The summed E-state index contributed by atoms with van der Waals surface area (Å²) in [5, 5.41) is 11.3. The Labute approximate surface area is 94.3 Å². The van der Waals surface area contributed by atoms with Crippen LogP contribution in [0.25, 0.3) is 0 Å². The molecule has 2 aromatic rings. The van der Waals surface area contributed by atoms with Crippen LogP contribution in [0.2, 0.25) is 0 Å². The van der Waals surface area contributed by atoms with E-state index in [1.807, 2.05) is 30.3 Å². The SMILES string of the molecule is CC(Cn1ccnc1)NCc1cn(C)nn1. The summed E-state index contributed by atoms with van der Waals surface area (Å²) in [7, 11) is 1.87. The van der Waals surface area contributed by atoms with Gasteiger partial charge in [0.15, 0.2) is 0 Å². The zero-order valence-electron chi connectivity index (χ0n) is 9.54. The largest absolute Gasteiger partial charge is 0.336 e. The van der Waals surface area contributed by atoms with Crippen molar-refractivity contribution in [2.45, 2.75) is 26.1 Å². The first-order valence-corrected chi connectivity index (χ1v) is 5.28. The zero-order chi connectivity index (χ0) is 11.4. The average molecular weight is 220 g/mol. The Morgan fingerprint density at radius 3 is 3.00 bits per heavy atom. The lowest BCUT2D eigenvalue weighted by Crippen LogP contribution is -2.29. The predicted molar refractivity (Wildman–Crippen MR) is 59.5 cm³/mol. The van der Waals surface area contributed by atoms with Crippen molar-refractivity contribution >= 4 is 0 Å². The smallest absolute Gasteiger partial charge is 0.0964 e. The molecule has 0 aliphatic carbocycles. The molecule has 0 radical (unpaired) electrons. The minimum atomic E-state index is 0.371. The molecule has 6 heteroatoms. The molecule has 0 aliphatic rings. The van der Waals surface area contributed by atoms with Crippen LogP contribution < -0.4 is 5.32 Å². The summed E-state index contributed by atoms with van der Waals surface area (Å²) < 4.78 is 3.76. The summed E-state index contributed by atoms with van der Waals surface area (Å²) in [5.41, 5.74) is 0.958. The van der Waals surface area contributed by atoms with Gasteiger partial charge in [0.1, 0.15) is 0 Å². The molecule has 86 valence electrons. The van der Waals surface area contributed by atoms with Crippen molar-refractivity contribution in [1.29, 1.82) is 0 Å². The van der Waals surface area contributed by atoms with E-state index in [4.69, 9.17) is 0 Å². The second-order valence-corrected chi connectivity index (χ2v) is 3.92. The van der Waals surface area contributed by atoms with E-state index >= 15 is 0 Å². The molecule has 0 amide bonds. The number of aromatic nitrogens is 5. The molecule has 1 N–H and O–H groups in total. The minimum absolute atomic E-state index is 0.371. The number of hydrogen-bond acceptors (Lipinski definition) is 4. The lowest BCUT2D eigenvalue weighted by molar-refractivity contribution is 0.473. The van der Waals surface area contributed by atoms with Crippen LogP contribution in [0.4, 0.5) is 0 Å². The third kappa shape index (κ3) is 2.90. The Bertz CT molecular complexity index is 418. The topological polar surface area (TPSA) is 60.6 Å². The first kappa shape index (κ1) is 10.8. The lowest BCUT2D eigenvalue weighted by atomic mass is 10.3. The van der Waals surface area contributed by atoms with Crippen LogP contribution in [0.1, 0.15) is 12.6 Å². The Hall–Kier alpha value is -1.69. The van der Waals surface area contributed by atoms with Gasteiger partial charge < -0.3 is 9.88 Å². The summed E-state index contributed by atoms with van der Waals surface area (Å²) in [6.07, 6.45) is 7.48. The highest BCUT2D eigenvalue weighted by Gasteiger charge is 2.04. The first-order chi connectivity index (χ1) is 7.74. The molecule has 1 unspecified atom stereocenters. The lowest BCUT2D eigenvalue weighted by Gasteiger charge is -2.12. The van der Waals surface area contributed by atoms with E-state index in [9.17, 15) is 0 Å². The summed E-state index contributed by atoms with van der Waals surface area (Å²) >= 11 is 0. The van der Waals surface area contributed by atoms with Crippen LogP contribution in [0.5, 0.6) is 0 Å². The quantitative estimate of drug-likeness (QED) is 0.781. The molecule has 2 aromatic heterocycles. The van der Waals surface area contributed by atoms with Gasteiger partial charge in [-0.1, -0.05) is 5.21 Å². The molecular formula is C10H16N6. The monoisotopic (exact) mass is 220 g/mol. The van der Waals surface area contributed by atoms with Gasteiger partial charge in [0, 0.05) is 44.8 Å². The van der Waals surface area contributed by atoms with Gasteiger partial charge in [-0.05, 0) is 6.92 Å². The van der Waals surface area contributed by atoms with Crippen molar-refractivity contribution in [3.8, 4) is 0 Å². The molecule has 0 spiro atoms. The highest BCUT2D eigenvalue weighted by atomic mass is 15.4. The summed E-state index contributed by atoms with van der Waals surface area (Å²) in [6.45, 7) is 3.78. The summed E-state index contributed by atoms with van der Waals surface area (Å²) in [5.74, 6) is 0. The Morgan fingerprint density at radius 2 is 2.38 bits per heavy atom. The van der Waals surface area contributed by atoms with E-state index < -0.39 is 0 Å². The highest BCUT2D eigenvalue weighted by Crippen LogP contribution is 1.95. The molecule has 0 fully saturated rings. The van der Waals surface area contributed by atoms with E-state index in [0.717, 1.165) is 18.8 Å². The van der Waals surface area contributed by atoms with Crippen molar-refractivity contribution in [1.82, 2.24) is 29.9 Å². The highest BCUT2D eigenvalue weighted by molar-refractivity contribution is 4.91. The minimum Gasteiger partial charge on any atom is -0.336 e. The van der Waals surface area contributed by atoms with Crippen LogP contribution in [-0.4, -0.2) is 30.6 Å². The normalized spacial score (nSPS) is 12.9. The zero-order valence-corrected chi connectivity index (χ0v) is 9.54. The standard InChI is InChI=1S/C10H16N6/c1-9(6-16-4-3-11-8-16)12-5-10-7-15(2)14-13-10/h3-4,7-9,12H,5-6H2,1-2H3. The number of aryl methyl sites for hydroxylation is 1. The van der Waals surface area contributed by atoms with Crippen molar-refractivity contribution in [3.05, 3.63) is 30.6 Å². The van der Waals surface area contributed by atoms with Crippen LogP contribution >= 0.6 is 0 Å². The number of nitrogens with one attached hydrogen (secondary N) is 1. The van der Waals surface area contributed by atoms with E-state index in [1.165, 1.54) is 0 Å². The maximum Gasteiger partial charge on any atom is 0.0964 e. The van der Waals surface area contributed by atoms with Crippen LogP contribution in [0.15, 0.2) is 24.9 Å². The van der Waals surface area contributed by atoms with Crippen LogP contribution in [0.3, 0.4) is 0 Å². The van der Waals surface area contributed by atoms with Gasteiger partial charge in [-0.25, -0.2) is 4.98 Å². The predicted octanol–water partition coefficient (Wildman–Crippen LogP) is 0.190. The second-order valence-electron chi connectivity index (χ2n) is 3.92. The van der Waals surface area contributed by atoms with Crippen molar-refractivity contribution in [2.75, 3.05) is 0 Å². The molecule has 2 rings (SSSR count). The number of nitrogens with zero attached hydrogens (tertiary/aromatic N) is 5. The number of hydrogen-bond donors (Lipinski definition) is 1. The fourth-order valence-electron chi connectivity index (χ4n) is 1.53. The van der Waals surface area contributed by atoms with E-state index in [1.54, 1.807) is 10.9 Å². The van der Waals surface area contributed by atoms with Crippen molar-refractivity contribution < 1.29 is 0 Å². The molecule has 2 heterocycles. The Kier molecular flexibility index (Phi) is 3.31. The third-order valence-electron chi connectivity index (χ3n) is 2.33. The maximum atomic E-state index is 4.02. The van der Waals surface area contributed by atoms with Crippen molar-refractivity contribution in [3.63, 3.8) is 0 Å². The van der Waals surface area contributed by atoms with Gasteiger partial charge in [0.05, 0.1) is 12.0 Å². The Balaban J connectivity index is 1.77. The molecular weight excluding hydrogens is 204 g/mol. The number of rotatable bonds is 5. The van der Waals surface area contributed by atoms with Gasteiger partial charge in [-0.15, -0.1) is 5.10 Å². The fraction of sp³-hybridized carbons (Fsp3) is 0.500. The van der Waals surface area contributed by atoms with Crippen LogP contribution in [0, 0.1) is 0 Å². The fourth-order valence-corrected chi connectivity index (χ4v) is 1.53. The number of imidazole rings is 1. The average Bonchev–Trinajstić information content (AvgIpc) is 2.87. The van der Waals surface area contributed by atoms with Crippen LogP contribution in [-0.2, 0) is 20.1 Å². The van der Waals surface area contributed by atoms with Crippen molar-refractivity contribution in [2.24, 2.45) is 7.05 Å². The molecule has 0 aromatic carbocycles. The van der Waals surface area contributed by atoms with E-state index in [0.29, 0.717) is 6.04 Å². The van der Waals surface area contributed by atoms with Gasteiger partial charge >= 0.3 is 0 Å². The summed E-state index contributed by atoms with van der Waals surface area (Å²) in [4.78, 5) is 4.01. The second kappa shape index (κ2) is 4.89. The summed E-state index contributed by atoms with van der Waals surface area (Å²) in [6, 6.07) is 0.371. The third-order valence-corrected chi connectivity index (χ3v) is 2.33. The first-order valence-electron chi connectivity index (χ1n) is 5.28. The molecule has 0 saturated heterocycles. The van der Waals surface area contributed by atoms with Gasteiger partial charge in [0.25, 0.3) is 0 Å². The van der Waals surface area contributed by atoms with Gasteiger partial charge in [-0.3, -0.25) is 4.68 Å². The maximum absolute atomic E-state index is 4.02. The van der Waals surface area contributed by atoms with Gasteiger partial charge in [-0.2, -0.15) is 0 Å². The Morgan fingerprint density at radius 1 is 1.50 bits per heavy atom. The molecule has 0 aliphatic heterocycles. The molecule has 16 heavy (non-hydrogen) atoms. The van der Waals surface area contributed by atoms with Gasteiger partial charge in [0.2, 0.25) is 0 Å². The molecule has 0 bridgehead atoms. The van der Waals surface area contributed by atoms with E-state index in [2.05, 4.69) is 27.5 Å². The molecule has 6 nitrogen and oxygen atoms in total. The molecule has 0 saturated carbocycles.